The quantitative estimate of drug-likeness (QED) is 0.873. The first-order valence-electron chi connectivity index (χ1n) is 6.31. The van der Waals surface area contributed by atoms with Crippen molar-refractivity contribution >= 4 is 15.9 Å². The van der Waals surface area contributed by atoms with Gasteiger partial charge in [0.15, 0.2) is 0 Å². The van der Waals surface area contributed by atoms with Crippen LogP contribution in [0.15, 0.2) is 28.7 Å². The molecule has 0 bridgehead atoms. The van der Waals surface area contributed by atoms with Crippen molar-refractivity contribution in [3.05, 3.63) is 34.3 Å². The predicted molar refractivity (Wildman–Crippen MR) is 78.7 cm³/mol. The maximum absolute atomic E-state index is 9.77. The Labute approximate surface area is 118 Å². The van der Waals surface area contributed by atoms with Gasteiger partial charge >= 0.3 is 0 Å². The van der Waals surface area contributed by atoms with Crippen LogP contribution in [0.3, 0.4) is 0 Å². The summed E-state index contributed by atoms with van der Waals surface area (Å²) in [6.07, 6.45) is 1.72. The van der Waals surface area contributed by atoms with E-state index >= 15 is 0 Å². The van der Waals surface area contributed by atoms with Crippen LogP contribution >= 0.6 is 15.9 Å². The second-order valence-electron chi connectivity index (χ2n) is 6.14. The molecule has 0 aromatic heterocycles. The first kappa shape index (κ1) is 15.7. The summed E-state index contributed by atoms with van der Waals surface area (Å²) in [5, 5.41) is 19.5. The van der Waals surface area contributed by atoms with Gasteiger partial charge in [0.1, 0.15) is 0 Å². The lowest BCUT2D eigenvalue weighted by Crippen LogP contribution is -2.36. The molecule has 0 unspecified atom stereocenters. The van der Waals surface area contributed by atoms with Gasteiger partial charge in [0.2, 0.25) is 0 Å². The highest BCUT2D eigenvalue weighted by Crippen LogP contribution is 2.37. The van der Waals surface area contributed by atoms with Crippen molar-refractivity contribution in [1.29, 1.82) is 0 Å². The zero-order valence-corrected chi connectivity index (χ0v) is 13.0. The average Bonchev–Trinajstić information content (AvgIpc) is 2.31. The van der Waals surface area contributed by atoms with Crippen molar-refractivity contribution in [2.75, 3.05) is 13.2 Å². The summed E-state index contributed by atoms with van der Waals surface area (Å²) in [6, 6.07) is 7.81. The van der Waals surface area contributed by atoms with Crippen molar-refractivity contribution in [2.45, 2.75) is 39.0 Å². The SMILES string of the molecule is CC(C)(C)CCC(CO)(CO)c1ccccc1Br. The molecular weight excluding hydrogens is 292 g/mol. The van der Waals surface area contributed by atoms with Crippen LogP contribution in [0, 0.1) is 5.41 Å². The van der Waals surface area contributed by atoms with Crippen molar-refractivity contribution in [1.82, 2.24) is 0 Å². The Morgan fingerprint density at radius 1 is 1.00 bits per heavy atom. The fraction of sp³-hybridized carbons (Fsp3) is 0.600. The van der Waals surface area contributed by atoms with E-state index in [1.165, 1.54) is 0 Å². The lowest BCUT2D eigenvalue weighted by molar-refractivity contribution is 0.0982. The molecule has 0 saturated heterocycles. The molecule has 1 aromatic carbocycles. The number of aliphatic hydroxyl groups excluding tert-OH is 2. The van der Waals surface area contributed by atoms with Gasteiger partial charge in [-0.2, -0.15) is 0 Å². The van der Waals surface area contributed by atoms with Crippen molar-refractivity contribution in [3.8, 4) is 0 Å². The fourth-order valence-corrected chi connectivity index (χ4v) is 2.72. The van der Waals surface area contributed by atoms with Crippen molar-refractivity contribution < 1.29 is 10.2 Å². The molecule has 0 amide bonds. The minimum atomic E-state index is -0.562. The summed E-state index contributed by atoms with van der Waals surface area (Å²) in [5.41, 5.74) is 0.615. The van der Waals surface area contributed by atoms with Crippen LogP contribution in [0.4, 0.5) is 0 Å². The first-order valence-corrected chi connectivity index (χ1v) is 7.11. The highest BCUT2D eigenvalue weighted by atomic mass is 79.9. The van der Waals surface area contributed by atoms with E-state index in [0.29, 0.717) is 0 Å². The maximum Gasteiger partial charge on any atom is 0.0550 e. The van der Waals surface area contributed by atoms with Crippen LogP contribution in [0.5, 0.6) is 0 Å². The second kappa shape index (κ2) is 6.18. The van der Waals surface area contributed by atoms with E-state index in [1.54, 1.807) is 0 Å². The summed E-state index contributed by atoms with van der Waals surface area (Å²) in [4.78, 5) is 0. The molecule has 0 saturated carbocycles. The molecule has 2 nitrogen and oxygen atoms in total. The lowest BCUT2D eigenvalue weighted by atomic mass is 9.74. The molecule has 2 N–H and O–H groups in total. The van der Waals surface area contributed by atoms with E-state index in [4.69, 9.17) is 0 Å². The molecular formula is C15H23BrO2. The van der Waals surface area contributed by atoms with Crippen molar-refractivity contribution in [3.63, 3.8) is 0 Å². The summed E-state index contributed by atoms with van der Waals surface area (Å²) >= 11 is 3.51. The Morgan fingerprint density at radius 3 is 2.00 bits per heavy atom. The van der Waals surface area contributed by atoms with Gasteiger partial charge in [-0.3, -0.25) is 0 Å². The predicted octanol–water partition coefficient (Wildman–Crippen LogP) is 3.50. The van der Waals surface area contributed by atoms with Crippen LogP contribution in [0.2, 0.25) is 0 Å². The molecule has 0 aliphatic heterocycles. The molecule has 1 aromatic rings. The zero-order valence-electron chi connectivity index (χ0n) is 11.4. The molecule has 102 valence electrons. The van der Waals surface area contributed by atoms with Crippen molar-refractivity contribution in [2.24, 2.45) is 5.41 Å². The summed E-state index contributed by atoms with van der Waals surface area (Å²) in [6.45, 7) is 6.44. The fourth-order valence-electron chi connectivity index (χ4n) is 2.02. The molecule has 0 aliphatic rings. The van der Waals surface area contributed by atoms with Gasteiger partial charge in [-0.25, -0.2) is 0 Å². The number of hydrogen-bond donors (Lipinski definition) is 2. The van der Waals surface area contributed by atoms with Gasteiger partial charge in [0, 0.05) is 9.89 Å². The Bertz CT molecular complexity index is 378. The zero-order chi connectivity index (χ0) is 13.8. The summed E-state index contributed by atoms with van der Waals surface area (Å²) in [5.74, 6) is 0. The Balaban J connectivity index is 3.04. The van der Waals surface area contributed by atoms with E-state index in [1.807, 2.05) is 24.3 Å². The van der Waals surface area contributed by atoms with Gasteiger partial charge in [0.05, 0.1) is 13.2 Å². The van der Waals surface area contributed by atoms with Crippen LogP contribution in [-0.4, -0.2) is 23.4 Å². The van der Waals surface area contributed by atoms with Crippen LogP contribution in [0.25, 0.3) is 0 Å². The average molecular weight is 315 g/mol. The van der Waals surface area contributed by atoms with E-state index in [2.05, 4.69) is 36.7 Å². The smallest absolute Gasteiger partial charge is 0.0550 e. The maximum atomic E-state index is 9.77. The Morgan fingerprint density at radius 2 is 1.56 bits per heavy atom. The summed E-state index contributed by atoms with van der Waals surface area (Å²) < 4.78 is 0.946. The van der Waals surface area contributed by atoms with Gasteiger partial charge in [-0.1, -0.05) is 54.9 Å². The van der Waals surface area contributed by atoms with Crippen LogP contribution in [-0.2, 0) is 5.41 Å². The van der Waals surface area contributed by atoms with Gasteiger partial charge in [0.25, 0.3) is 0 Å². The normalized spacial score (nSPS) is 12.8. The number of hydrogen-bond acceptors (Lipinski definition) is 2. The molecule has 0 fully saturated rings. The van der Waals surface area contributed by atoms with Crippen LogP contribution in [0.1, 0.15) is 39.2 Å². The van der Waals surface area contributed by atoms with E-state index in [9.17, 15) is 10.2 Å². The largest absolute Gasteiger partial charge is 0.395 e. The minimum absolute atomic E-state index is 0.0395. The number of halogens is 1. The molecule has 0 spiro atoms. The third-order valence-corrected chi connectivity index (χ3v) is 4.10. The highest BCUT2D eigenvalue weighted by molar-refractivity contribution is 9.10. The van der Waals surface area contributed by atoms with Crippen LogP contribution < -0.4 is 0 Å². The minimum Gasteiger partial charge on any atom is -0.395 e. The second-order valence-corrected chi connectivity index (χ2v) is 6.99. The number of rotatable bonds is 5. The van der Waals surface area contributed by atoms with E-state index in [-0.39, 0.29) is 18.6 Å². The highest BCUT2D eigenvalue weighted by Gasteiger charge is 2.33. The van der Waals surface area contributed by atoms with Gasteiger partial charge < -0.3 is 10.2 Å². The number of aliphatic hydroxyl groups is 2. The molecule has 18 heavy (non-hydrogen) atoms. The van der Waals surface area contributed by atoms with E-state index in [0.717, 1.165) is 22.9 Å². The third kappa shape index (κ3) is 3.81. The Hall–Kier alpha value is -0.380. The molecule has 0 aliphatic carbocycles. The standard InChI is InChI=1S/C15H23BrO2/c1-14(2,3)8-9-15(10-17,11-18)12-6-4-5-7-13(12)16/h4-7,17-18H,8-11H2,1-3H3. The summed E-state index contributed by atoms with van der Waals surface area (Å²) in [7, 11) is 0. The number of benzene rings is 1. The monoisotopic (exact) mass is 314 g/mol. The molecule has 1 rings (SSSR count). The molecule has 3 heteroatoms. The Kier molecular flexibility index (Phi) is 5.38. The molecule has 0 heterocycles. The van der Waals surface area contributed by atoms with Gasteiger partial charge in [-0.05, 0) is 29.9 Å². The topological polar surface area (TPSA) is 40.5 Å². The lowest BCUT2D eigenvalue weighted by Gasteiger charge is -2.34. The van der Waals surface area contributed by atoms with Gasteiger partial charge in [-0.15, -0.1) is 0 Å². The third-order valence-electron chi connectivity index (χ3n) is 3.40. The van der Waals surface area contributed by atoms with E-state index < -0.39 is 5.41 Å². The molecule has 0 radical (unpaired) electrons. The first-order chi connectivity index (χ1) is 8.34. The molecule has 0 atom stereocenters.